The van der Waals surface area contributed by atoms with Gasteiger partial charge in [0.2, 0.25) is 0 Å². The van der Waals surface area contributed by atoms with Gasteiger partial charge in [0.1, 0.15) is 0 Å². The number of hydrogen-bond donors (Lipinski definition) is 1. The Morgan fingerprint density at radius 1 is 0.868 bits per heavy atom. The Balaban J connectivity index is 1.47. The molecular weight excluding hydrogens is 654 g/mol. The Hall–Kier alpha value is -3.25. The number of halogens is 2. The molecular formula is C31H20Br2N4Zn-2. The normalized spacial score (nSPS) is 17.7. The first-order chi connectivity index (χ1) is 18.5. The maximum atomic E-state index is 8.18. The first kappa shape index (κ1) is 26.4. The summed E-state index contributed by atoms with van der Waals surface area (Å²) < 4.78 is 1.81. The van der Waals surface area contributed by atoms with E-state index in [9.17, 15) is 0 Å². The van der Waals surface area contributed by atoms with Gasteiger partial charge in [-0.25, -0.2) is 0 Å². The van der Waals surface area contributed by atoms with Crippen LogP contribution in [0.5, 0.6) is 0 Å². The molecule has 3 heterocycles. The molecule has 1 aromatic heterocycles. The van der Waals surface area contributed by atoms with Crippen LogP contribution in [0, 0.1) is 4.99 Å². The zero-order valence-corrected chi connectivity index (χ0v) is 26.4. The number of nitrogens with zero attached hydrogens (tertiary/aromatic N) is 2. The molecule has 0 spiro atoms. The van der Waals surface area contributed by atoms with Gasteiger partial charge < -0.3 is 5.73 Å². The van der Waals surface area contributed by atoms with Crippen molar-refractivity contribution in [3.8, 4) is 0 Å². The number of rotatable bonds is 7. The Morgan fingerprint density at radius 3 is 2.29 bits per heavy atom. The second-order valence-corrected chi connectivity index (χ2v) is 11.2. The molecule has 0 fully saturated rings. The molecule has 0 unspecified atom stereocenters. The van der Waals surface area contributed by atoms with Crippen LogP contribution >= 0.6 is 31.9 Å². The third-order valence-corrected chi connectivity index (χ3v) is 9.14. The van der Waals surface area contributed by atoms with E-state index < -0.39 is 0 Å². The molecule has 0 amide bonds. The van der Waals surface area contributed by atoms with Gasteiger partial charge in [-0.2, -0.15) is 25.4 Å². The predicted octanol–water partition coefficient (Wildman–Crippen LogP) is 8.27. The summed E-state index contributed by atoms with van der Waals surface area (Å²) >= 11 is 7.50. The van der Waals surface area contributed by atoms with E-state index in [1.807, 2.05) is 60.7 Å². The van der Waals surface area contributed by atoms with Gasteiger partial charge in [0.05, 0.1) is 0 Å². The van der Waals surface area contributed by atoms with Crippen molar-refractivity contribution in [3.63, 3.8) is 0 Å². The van der Waals surface area contributed by atoms with Gasteiger partial charge in [0, 0.05) is 0 Å². The zero-order chi connectivity index (χ0) is 26.5. The maximum Gasteiger partial charge on any atom is -0.0950 e. The van der Waals surface area contributed by atoms with Crippen LogP contribution in [-0.4, -0.2) is 20.5 Å². The Labute approximate surface area is 248 Å². The van der Waals surface area contributed by atoms with Crippen molar-refractivity contribution >= 4 is 59.0 Å². The van der Waals surface area contributed by atoms with Crippen LogP contribution in [0.3, 0.4) is 0 Å². The second kappa shape index (κ2) is 12.1. The molecule has 5 rings (SSSR count). The van der Waals surface area contributed by atoms with E-state index in [4.69, 9.17) is 15.7 Å². The summed E-state index contributed by atoms with van der Waals surface area (Å²) in [6.45, 7) is 0. The molecule has 2 aliphatic heterocycles. The molecule has 4 nitrogen and oxygen atoms in total. The summed E-state index contributed by atoms with van der Waals surface area (Å²) in [5, 5.41) is 0. The summed E-state index contributed by atoms with van der Waals surface area (Å²) in [5.41, 5.74) is 17.1. The third-order valence-electron chi connectivity index (χ3n) is 5.97. The fraction of sp³-hybridized carbons (Fsp3) is 0. The number of aromatic amines is 1. The molecule has 182 valence electrons. The summed E-state index contributed by atoms with van der Waals surface area (Å²) in [6, 6.07) is 24.6. The molecule has 2 aliphatic rings. The predicted molar refractivity (Wildman–Crippen MR) is 162 cm³/mol. The van der Waals surface area contributed by atoms with E-state index in [1.165, 1.54) is 9.67 Å². The topological polar surface area (TPSA) is 64.3 Å². The average Bonchev–Trinajstić information content (AvgIpc) is 3.72. The van der Waals surface area contributed by atoms with Crippen molar-refractivity contribution < 1.29 is 17.9 Å². The minimum Gasteiger partial charge on any atom is -0.193 e. The molecule has 0 atom stereocenters. The largest absolute Gasteiger partial charge is 0.193 e. The second-order valence-electron chi connectivity index (χ2n) is 8.53. The Kier molecular flexibility index (Phi) is 8.38. The number of aromatic nitrogens is 1. The van der Waals surface area contributed by atoms with Crippen molar-refractivity contribution in [3.05, 3.63) is 158 Å². The number of nitrogens with one attached hydrogen (secondary N) is 2. The number of hydrogen-bond acceptors (Lipinski definition) is 2. The molecule has 3 aromatic rings. The van der Waals surface area contributed by atoms with Crippen LogP contribution < -0.4 is 0 Å². The van der Waals surface area contributed by atoms with E-state index in [2.05, 4.69) is 84.3 Å². The molecule has 2 aromatic carbocycles. The summed E-state index contributed by atoms with van der Waals surface area (Å²) in [7, 11) is 0. The van der Waals surface area contributed by atoms with Gasteiger partial charge in [-0.3, -0.25) is 5.70 Å². The monoisotopic (exact) mass is 670 g/mol. The fourth-order valence-electron chi connectivity index (χ4n) is 4.12. The minimum absolute atomic E-state index is 0.309. The minimum atomic E-state index is 0.309. The summed E-state index contributed by atoms with van der Waals surface area (Å²) in [5.74, 6) is 0. The van der Waals surface area contributed by atoms with Crippen LogP contribution in [0.1, 0.15) is 22.5 Å². The average molecular weight is 674 g/mol. The van der Waals surface area contributed by atoms with E-state index in [0.717, 1.165) is 63.2 Å². The molecule has 2 N–H and O–H groups in total. The standard InChI is InChI=1S/C31H20Br2N4.Zn/c32-20-27(33)28(34)19-26-14-16-30(37-26)31(22-9-5-2-6-10-22)29-15-13-25(36-29)18-24-12-11-23(35-24)17-21-7-3-1-4-8-21;/h1-16,18-19,34,37H;/q-2;/b24-18?,28-19?,31-29-;. The molecule has 0 aliphatic carbocycles. The van der Waals surface area contributed by atoms with Crippen molar-refractivity contribution in [2.45, 2.75) is 0 Å². The van der Waals surface area contributed by atoms with Gasteiger partial charge in [-0.1, -0.05) is 22.0 Å². The van der Waals surface area contributed by atoms with E-state index in [-0.39, 0.29) is 0 Å². The molecule has 0 radical (unpaired) electrons. The van der Waals surface area contributed by atoms with Gasteiger partial charge in [0.25, 0.3) is 0 Å². The first-order valence-electron chi connectivity index (χ1n) is 11.8. The van der Waals surface area contributed by atoms with Crippen molar-refractivity contribution in [2.24, 2.45) is 9.98 Å². The Morgan fingerprint density at radius 2 is 1.58 bits per heavy atom. The van der Waals surface area contributed by atoms with Gasteiger partial charge in [-0.05, 0) is 0 Å². The molecule has 38 heavy (non-hydrogen) atoms. The van der Waals surface area contributed by atoms with Crippen LogP contribution in [0.15, 0.2) is 135 Å². The van der Waals surface area contributed by atoms with Crippen molar-refractivity contribution in [1.82, 2.24) is 4.98 Å². The number of H-pyrrole nitrogens is 1. The van der Waals surface area contributed by atoms with E-state index >= 15 is 0 Å². The SMILES string of the molecule is [NH-]C(=Cc1ccc(/C(=C2/C=CC(C=C3C=CC([C](=[Zn])c4ccccc4)=N3)=N2)c2ccccc2)[nH]1)C(Br)=[C-]Br. The van der Waals surface area contributed by atoms with Gasteiger partial charge in [-0.15, -0.1) is 6.08 Å². The van der Waals surface area contributed by atoms with E-state index in [0.29, 0.717) is 10.2 Å². The quantitative estimate of drug-likeness (QED) is 0.149. The number of aliphatic imine (C=N–C) groups is 2. The fourth-order valence-corrected chi connectivity index (χ4v) is 5.36. The van der Waals surface area contributed by atoms with Crippen LogP contribution in [0.4, 0.5) is 0 Å². The summed E-state index contributed by atoms with van der Waals surface area (Å²) in [4.78, 5) is 16.0. The van der Waals surface area contributed by atoms with Gasteiger partial charge >= 0.3 is 185 Å². The zero-order valence-electron chi connectivity index (χ0n) is 20.2. The van der Waals surface area contributed by atoms with Gasteiger partial charge in [0.15, 0.2) is 0 Å². The van der Waals surface area contributed by atoms with Crippen LogP contribution in [0.25, 0.3) is 17.4 Å². The number of benzene rings is 2. The molecule has 0 saturated carbocycles. The van der Waals surface area contributed by atoms with Crippen LogP contribution in [0.2, 0.25) is 0 Å². The van der Waals surface area contributed by atoms with Crippen LogP contribution in [-0.2, 0) is 17.9 Å². The number of allylic oxidation sites excluding steroid dienone is 6. The maximum absolute atomic E-state index is 8.18. The van der Waals surface area contributed by atoms with Crippen molar-refractivity contribution in [2.75, 3.05) is 0 Å². The van der Waals surface area contributed by atoms with E-state index in [1.54, 1.807) is 6.08 Å². The Bertz CT molecular complexity index is 1630. The van der Waals surface area contributed by atoms with Crippen molar-refractivity contribution in [1.29, 1.82) is 0 Å². The molecule has 0 bridgehead atoms. The summed E-state index contributed by atoms with van der Waals surface area (Å²) in [6.07, 6.45) is 12.0. The first-order valence-corrected chi connectivity index (χ1v) is 14.9. The smallest absolute Gasteiger partial charge is 0.0950 e. The molecule has 0 saturated heterocycles. The third kappa shape index (κ3) is 6.07. The molecule has 7 heteroatoms.